The van der Waals surface area contributed by atoms with E-state index in [4.69, 9.17) is 4.74 Å². The standard InChI is InChI=1S/C11H20N2O2/c14-11(10-2-1-5-12-10)13-8-9-3-6-15-7-4-9/h9-10,12H,1-8H2,(H,13,14)/t10-/m1/s1. The summed E-state index contributed by atoms with van der Waals surface area (Å²) in [7, 11) is 0. The van der Waals surface area contributed by atoms with Crippen LogP contribution in [0.1, 0.15) is 25.7 Å². The Labute approximate surface area is 90.8 Å². The van der Waals surface area contributed by atoms with Crippen molar-refractivity contribution in [3.63, 3.8) is 0 Å². The largest absolute Gasteiger partial charge is 0.381 e. The summed E-state index contributed by atoms with van der Waals surface area (Å²) in [5.74, 6) is 0.795. The van der Waals surface area contributed by atoms with E-state index in [0.717, 1.165) is 52.0 Å². The topological polar surface area (TPSA) is 50.4 Å². The summed E-state index contributed by atoms with van der Waals surface area (Å²) in [5.41, 5.74) is 0. The predicted molar refractivity (Wildman–Crippen MR) is 57.6 cm³/mol. The van der Waals surface area contributed by atoms with Crippen LogP contribution < -0.4 is 10.6 Å². The molecule has 0 aliphatic carbocycles. The third kappa shape index (κ3) is 3.18. The number of rotatable bonds is 3. The summed E-state index contributed by atoms with van der Waals surface area (Å²) in [5, 5.41) is 6.24. The Balaban J connectivity index is 1.65. The van der Waals surface area contributed by atoms with Gasteiger partial charge in [0.25, 0.3) is 0 Å². The third-order valence-corrected chi connectivity index (χ3v) is 3.28. The van der Waals surface area contributed by atoms with Crippen LogP contribution in [0.4, 0.5) is 0 Å². The van der Waals surface area contributed by atoms with Crippen molar-refractivity contribution in [2.75, 3.05) is 26.3 Å². The van der Waals surface area contributed by atoms with E-state index in [1.165, 1.54) is 0 Å². The van der Waals surface area contributed by atoms with Gasteiger partial charge in [-0.05, 0) is 38.1 Å². The molecule has 2 rings (SSSR count). The van der Waals surface area contributed by atoms with Gasteiger partial charge in [0.15, 0.2) is 0 Å². The van der Waals surface area contributed by atoms with Gasteiger partial charge in [-0.1, -0.05) is 0 Å². The highest BCUT2D eigenvalue weighted by Crippen LogP contribution is 2.13. The van der Waals surface area contributed by atoms with Crippen molar-refractivity contribution in [3.05, 3.63) is 0 Å². The fourth-order valence-electron chi connectivity index (χ4n) is 2.23. The molecule has 0 unspecified atom stereocenters. The van der Waals surface area contributed by atoms with Gasteiger partial charge in [0.05, 0.1) is 6.04 Å². The number of hydrogen-bond donors (Lipinski definition) is 2. The lowest BCUT2D eigenvalue weighted by Crippen LogP contribution is -2.42. The van der Waals surface area contributed by atoms with Crippen molar-refractivity contribution in [3.8, 4) is 0 Å². The minimum Gasteiger partial charge on any atom is -0.381 e. The van der Waals surface area contributed by atoms with Gasteiger partial charge in [-0.25, -0.2) is 0 Å². The van der Waals surface area contributed by atoms with Crippen LogP contribution in [0, 0.1) is 5.92 Å². The molecular formula is C11H20N2O2. The minimum atomic E-state index is 0.0600. The smallest absolute Gasteiger partial charge is 0.237 e. The van der Waals surface area contributed by atoms with Crippen LogP contribution in [0.15, 0.2) is 0 Å². The number of ether oxygens (including phenoxy) is 1. The highest BCUT2D eigenvalue weighted by molar-refractivity contribution is 5.81. The Hall–Kier alpha value is -0.610. The van der Waals surface area contributed by atoms with E-state index >= 15 is 0 Å². The molecule has 2 heterocycles. The molecule has 1 atom stereocenters. The second kappa shape index (κ2) is 5.47. The van der Waals surface area contributed by atoms with Gasteiger partial charge in [-0.15, -0.1) is 0 Å². The van der Waals surface area contributed by atoms with Gasteiger partial charge in [0, 0.05) is 19.8 Å². The SMILES string of the molecule is O=C(NCC1CCOCC1)[C@H]1CCCN1. The van der Waals surface area contributed by atoms with E-state index in [-0.39, 0.29) is 11.9 Å². The molecule has 0 aromatic heterocycles. The molecule has 4 nitrogen and oxygen atoms in total. The first kappa shape index (κ1) is 10.9. The zero-order valence-electron chi connectivity index (χ0n) is 9.13. The molecule has 0 saturated carbocycles. The summed E-state index contributed by atoms with van der Waals surface area (Å²) >= 11 is 0. The monoisotopic (exact) mass is 212 g/mol. The molecular weight excluding hydrogens is 192 g/mol. The summed E-state index contributed by atoms with van der Waals surface area (Å²) in [6.45, 7) is 3.50. The van der Waals surface area contributed by atoms with Gasteiger partial charge in [0.2, 0.25) is 5.91 Å². The lowest BCUT2D eigenvalue weighted by atomic mass is 10.0. The molecule has 0 spiro atoms. The van der Waals surface area contributed by atoms with Crippen LogP contribution in [0.3, 0.4) is 0 Å². The van der Waals surface area contributed by atoms with Crippen LogP contribution in [0.5, 0.6) is 0 Å². The average Bonchev–Trinajstić information content (AvgIpc) is 2.81. The fraction of sp³-hybridized carbons (Fsp3) is 0.909. The molecule has 0 radical (unpaired) electrons. The van der Waals surface area contributed by atoms with Gasteiger partial charge in [-0.3, -0.25) is 4.79 Å². The Kier molecular flexibility index (Phi) is 3.97. The van der Waals surface area contributed by atoms with E-state index in [9.17, 15) is 4.79 Å². The molecule has 15 heavy (non-hydrogen) atoms. The summed E-state index contributed by atoms with van der Waals surface area (Å²) in [6, 6.07) is 0.0600. The molecule has 0 aromatic carbocycles. The van der Waals surface area contributed by atoms with E-state index in [2.05, 4.69) is 10.6 Å². The van der Waals surface area contributed by atoms with Gasteiger partial charge in [0.1, 0.15) is 0 Å². The normalized spacial score (nSPS) is 27.9. The molecule has 4 heteroatoms. The van der Waals surface area contributed by atoms with Crippen LogP contribution in [0.25, 0.3) is 0 Å². The maximum Gasteiger partial charge on any atom is 0.237 e. The lowest BCUT2D eigenvalue weighted by Gasteiger charge is -2.22. The van der Waals surface area contributed by atoms with Crippen molar-refractivity contribution in [2.45, 2.75) is 31.7 Å². The van der Waals surface area contributed by atoms with E-state index in [0.29, 0.717) is 5.92 Å². The number of carbonyl (C=O) groups is 1. The molecule has 2 fully saturated rings. The first-order chi connectivity index (χ1) is 7.36. The number of nitrogens with one attached hydrogen (secondary N) is 2. The van der Waals surface area contributed by atoms with Crippen LogP contribution in [0.2, 0.25) is 0 Å². The molecule has 2 aliphatic rings. The molecule has 1 amide bonds. The zero-order valence-corrected chi connectivity index (χ0v) is 9.13. The molecule has 0 aromatic rings. The highest BCUT2D eigenvalue weighted by Gasteiger charge is 2.22. The molecule has 86 valence electrons. The van der Waals surface area contributed by atoms with Gasteiger partial charge >= 0.3 is 0 Å². The molecule has 2 N–H and O–H groups in total. The Morgan fingerprint density at radius 3 is 2.80 bits per heavy atom. The van der Waals surface area contributed by atoms with Crippen molar-refractivity contribution < 1.29 is 9.53 Å². The van der Waals surface area contributed by atoms with Crippen molar-refractivity contribution >= 4 is 5.91 Å². The molecule has 2 saturated heterocycles. The van der Waals surface area contributed by atoms with Gasteiger partial charge in [-0.2, -0.15) is 0 Å². The highest BCUT2D eigenvalue weighted by atomic mass is 16.5. The number of amides is 1. The predicted octanol–water partition coefficient (Wildman–Crippen LogP) is 0.281. The second-order valence-corrected chi connectivity index (χ2v) is 4.45. The first-order valence-corrected chi connectivity index (χ1v) is 5.95. The van der Waals surface area contributed by atoms with Crippen molar-refractivity contribution in [1.29, 1.82) is 0 Å². The maximum atomic E-state index is 11.7. The average molecular weight is 212 g/mol. The van der Waals surface area contributed by atoms with Crippen LogP contribution in [-0.4, -0.2) is 38.3 Å². The quantitative estimate of drug-likeness (QED) is 0.706. The van der Waals surface area contributed by atoms with E-state index in [1.807, 2.05) is 0 Å². The van der Waals surface area contributed by atoms with Crippen LogP contribution >= 0.6 is 0 Å². The Morgan fingerprint density at radius 1 is 1.33 bits per heavy atom. The second-order valence-electron chi connectivity index (χ2n) is 4.45. The molecule has 0 bridgehead atoms. The number of hydrogen-bond acceptors (Lipinski definition) is 3. The van der Waals surface area contributed by atoms with Crippen molar-refractivity contribution in [2.24, 2.45) is 5.92 Å². The Morgan fingerprint density at radius 2 is 2.13 bits per heavy atom. The summed E-state index contributed by atoms with van der Waals surface area (Å²) in [4.78, 5) is 11.7. The van der Waals surface area contributed by atoms with Crippen LogP contribution in [-0.2, 0) is 9.53 Å². The number of carbonyl (C=O) groups excluding carboxylic acids is 1. The maximum absolute atomic E-state index is 11.7. The Bertz CT molecular complexity index is 209. The summed E-state index contributed by atoms with van der Waals surface area (Å²) in [6.07, 6.45) is 4.27. The van der Waals surface area contributed by atoms with Crippen molar-refractivity contribution in [1.82, 2.24) is 10.6 Å². The minimum absolute atomic E-state index is 0.0600. The third-order valence-electron chi connectivity index (χ3n) is 3.28. The summed E-state index contributed by atoms with van der Waals surface area (Å²) < 4.78 is 5.28. The molecule has 2 aliphatic heterocycles. The van der Waals surface area contributed by atoms with E-state index in [1.54, 1.807) is 0 Å². The fourth-order valence-corrected chi connectivity index (χ4v) is 2.23. The van der Waals surface area contributed by atoms with E-state index < -0.39 is 0 Å². The van der Waals surface area contributed by atoms with Gasteiger partial charge < -0.3 is 15.4 Å². The zero-order chi connectivity index (χ0) is 10.5. The first-order valence-electron chi connectivity index (χ1n) is 5.95. The lowest BCUT2D eigenvalue weighted by molar-refractivity contribution is -0.123.